The van der Waals surface area contributed by atoms with Crippen LogP contribution >= 0.6 is 0 Å². The number of hydrogen-bond donors (Lipinski definition) is 0. The zero-order valence-corrected chi connectivity index (χ0v) is 8.54. The third kappa shape index (κ3) is 2.46. The predicted molar refractivity (Wildman–Crippen MR) is 56.8 cm³/mol. The lowest BCUT2D eigenvalue weighted by molar-refractivity contribution is -0.136. The van der Waals surface area contributed by atoms with Gasteiger partial charge in [-0.25, -0.2) is 4.79 Å². The highest BCUT2D eigenvalue weighted by atomic mass is 16.5. The van der Waals surface area contributed by atoms with Crippen LogP contribution in [-0.4, -0.2) is 12.6 Å². The van der Waals surface area contributed by atoms with Gasteiger partial charge in [-0.05, 0) is 19.4 Å². The largest absolute Gasteiger partial charge is 0.462 e. The molecule has 14 heavy (non-hydrogen) atoms. The lowest BCUT2D eigenvalue weighted by atomic mass is 10.1. The van der Waals surface area contributed by atoms with Gasteiger partial charge >= 0.3 is 5.97 Å². The average molecular weight is 190 g/mol. The van der Waals surface area contributed by atoms with Crippen molar-refractivity contribution in [2.24, 2.45) is 0 Å². The SMILES string of the molecule is C=C(C(=O)OCC)c1ccc(C)cc1. The third-order valence-electron chi connectivity index (χ3n) is 1.92. The Balaban J connectivity index is 2.79. The van der Waals surface area contributed by atoms with E-state index >= 15 is 0 Å². The molecule has 1 aromatic carbocycles. The van der Waals surface area contributed by atoms with Gasteiger partial charge in [0.15, 0.2) is 0 Å². The third-order valence-corrected chi connectivity index (χ3v) is 1.92. The van der Waals surface area contributed by atoms with Gasteiger partial charge < -0.3 is 4.74 Å². The summed E-state index contributed by atoms with van der Waals surface area (Å²) in [6.07, 6.45) is 0. The minimum absolute atomic E-state index is 0.351. The number of esters is 1. The molecule has 0 atom stereocenters. The van der Waals surface area contributed by atoms with Crippen LogP contribution in [0.3, 0.4) is 0 Å². The molecule has 1 aromatic rings. The fourth-order valence-electron chi connectivity index (χ4n) is 1.09. The van der Waals surface area contributed by atoms with Crippen LogP contribution in [0.1, 0.15) is 18.1 Å². The van der Waals surface area contributed by atoms with Crippen molar-refractivity contribution in [2.75, 3.05) is 6.61 Å². The Morgan fingerprint density at radius 2 is 1.93 bits per heavy atom. The molecular formula is C12H14O2. The van der Waals surface area contributed by atoms with Crippen molar-refractivity contribution in [3.8, 4) is 0 Å². The summed E-state index contributed by atoms with van der Waals surface area (Å²) in [4.78, 5) is 11.3. The van der Waals surface area contributed by atoms with Gasteiger partial charge in [-0.15, -0.1) is 0 Å². The standard InChI is InChI=1S/C12H14O2/c1-4-14-12(13)10(3)11-7-5-9(2)6-8-11/h5-8H,3-4H2,1-2H3. The van der Waals surface area contributed by atoms with Crippen LogP contribution < -0.4 is 0 Å². The van der Waals surface area contributed by atoms with E-state index in [0.29, 0.717) is 12.2 Å². The normalized spacial score (nSPS) is 9.57. The van der Waals surface area contributed by atoms with Gasteiger partial charge in [-0.1, -0.05) is 36.4 Å². The summed E-state index contributed by atoms with van der Waals surface area (Å²) >= 11 is 0. The minimum atomic E-state index is -0.351. The van der Waals surface area contributed by atoms with Crippen molar-refractivity contribution in [2.45, 2.75) is 13.8 Å². The highest BCUT2D eigenvalue weighted by Gasteiger charge is 2.09. The molecule has 0 aliphatic carbocycles. The molecule has 0 aromatic heterocycles. The van der Waals surface area contributed by atoms with Crippen LogP contribution in [0.5, 0.6) is 0 Å². The van der Waals surface area contributed by atoms with Crippen molar-refractivity contribution in [3.63, 3.8) is 0 Å². The van der Waals surface area contributed by atoms with Crippen LogP contribution in [0, 0.1) is 6.92 Å². The summed E-state index contributed by atoms with van der Waals surface area (Å²) in [5, 5.41) is 0. The summed E-state index contributed by atoms with van der Waals surface area (Å²) in [5.41, 5.74) is 2.38. The molecule has 1 rings (SSSR count). The average Bonchev–Trinajstić information content (AvgIpc) is 2.18. The summed E-state index contributed by atoms with van der Waals surface area (Å²) < 4.78 is 4.85. The molecule has 0 bridgehead atoms. The first-order chi connectivity index (χ1) is 6.65. The molecular weight excluding hydrogens is 176 g/mol. The maximum absolute atomic E-state index is 11.3. The molecule has 0 aliphatic heterocycles. The maximum atomic E-state index is 11.3. The minimum Gasteiger partial charge on any atom is -0.462 e. The van der Waals surface area contributed by atoms with E-state index in [1.165, 1.54) is 0 Å². The maximum Gasteiger partial charge on any atom is 0.338 e. The molecule has 0 saturated carbocycles. The van der Waals surface area contributed by atoms with E-state index in [-0.39, 0.29) is 5.97 Å². The zero-order valence-electron chi connectivity index (χ0n) is 8.54. The molecule has 0 N–H and O–H groups in total. The van der Waals surface area contributed by atoms with Crippen LogP contribution in [-0.2, 0) is 9.53 Å². The van der Waals surface area contributed by atoms with Gasteiger partial charge in [0.25, 0.3) is 0 Å². The van der Waals surface area contributed by atoms with Crippen molar-refractivity contribution < 1.29 is 9.53 Å². The molecule has 2 heteroatoms. The lowest BCUT2D eigenvalue weighted by Crippen LogP contribution is -2.05. The highest BCUT2D eigenvalue weighted by molar-refractivity contribution is 6.15. The van der Waals surface area contributed by atoms with Crippen molar-refractivity contribution in [1.29, 1.82) is 0 Å². The second kappa shape index (κ2) is 4.61. The van der Waals surface area contributed by atoms with Gasteiger partial charge in [0.1, 0.15) is 0 Å². The van der Waals surface area contributed by atoms with E-state index in [4.69, 9.17) is 4.74 Å². The monoisotopic (exact) mass is 190 g/mol. The summed E-state index contributed by atoms with van der Waals surface area (Å²) in [7, 11) is 0. The number of carbonyl (C=O) groups excluding carboxylic acids is 1. The molecule has 0 amide bonds. The topological polar surface area (TPSA) is 26.3 Å². The Kier molecular flexibility index (Phi) is 3.46. The first-order valence-electron chi connectivity index (χ1n) is 4.58. The van der Waals surface area contributed by atoms with E-state index in [9.17, 15) is 4.79 Å². The van der Waals surface area contributed by atoms with Crippen molar-refractivity contribution in [1.82, 2.24) is 0 Å². The van der Waals surface area contributed by atoms with Gasteiger partial charge in [0, 0.05) is 0 Å². The molecule has 0 saturated heterocycles. The quantitative estimate of drug-likeness (QED) is 0.541. The number of ether oxygens (including phenoxy) is 1. The Labute approximate surface area is 84.2 Å². The molecule has 0 spiro atoms. The first-order valence-corrected chi connectivity index (χ1v) is 4.58. The smallest absolute Gasteiger partial charge is 0.338 e. The highest BCUT2D eigenvalue weighted by Crippen LogP contribution is 2.14. The van der Waals surface area contributed by atoms with E-state index in [1.54, 1.807) is 6.92 Å². The Hall–Kier alpha value is -1.57. The molecule has 2 nitrogen and oxygen atoms in total. The van der Waals surface area contributed by atoms with Gasteiger partial charge in [-0.3, -0.25) is 0 Å². The molecule has 0 unspecified atom stereocenters. The molecule has 74 valence electrons. The summed E-state index contributed by atoms with van der Waals surface area (Å²) in [5.74, 6) is -0.351. The van der Waals surface area contributed by atoms with Gasteiger partial charge in [0.2, 0.25) is 0 Å². The van der Waals surface area contributed by atoms with Crippen LogP contribution in [0.15, 0.2) is 30.8 Å². The van der Waals surface area contributed by atoms with Crippen LogP contribution in [0.25, 0.3) is 5.57 Å². The second-order valence-corrected chi connectivity index (χ2v) is 3.07. The zero-order chi connectivity index (χ0) is 10.6. The van der Waals surface area contributed by atoms with E-state index in [1.807, 2.05) is 31.2 Å². The van der Waals surface area contributed by atoms with Gasteiger partial charge in [-0.2, -0.15) is 0 Å². The van der Waals surface area contributed by atoms with E-state index in [0.717, 1.165) is 11.1 Å². The van der Waals surface area contributed by atoms with E-state index in [2.05, 4.69) is 6.58 Å². The fourth-order valence-corrected chi connectivity index (χ4v) is 1.09. The molecule has 0 aliphatic rings. The van der Waals surface area contributed by atoms with Crippen molar-refractivity contribution >= 4 is 11.5 Å². The fraction of sp³-hybridized carbons (Fsp3) is 0.250. The lowest BCUT2D eigenvalue weighted by Gasteiger charge is -2.05. The van der Waals surface area contributed by atoms with Crippen LogP contribution in [0.2, 0.25) is 0 Å². The molecule has 0 radical (unpaired) electrons. The Morgan fingerprint density at radius 1 is 1.36 bits per heavy atom. The Bertz CT molecular complexity index is 336. The molecule has 0 fully saturated rings. The summed E-state index contributed by atoms with van der Waals surface area (Å²) in [6.45, 7) is 7.85. The first kappa shape index (κ1) is 10.5. The predicted octanol–water partition coefficient (Wildman–Crippen LogP) is 2.57. The second-order valence-electron chi connectivity index (χ2n) is 3.07. The van der Waals surface area contributed by atoms with Crippen molar-refractivity contribution in [3.05, 3.63) is 42.0 Å². The number of aryl methyl sites for hydroxylation is 1. The number of rotatable bonds is 3. The number of hydrogen-bond acceptors (Lipinski definition) is 2. The number of carbonyl (C=O) groups is 1. The Morgan fingerprint density at radius 3 is 2.43 bits per heavy atom. The van der Waals surface area contributed by atoms with Crippen LogP contribution in [0.4, 0.5) is 0 Å². The van der Waals surface area contributed by atoms with E-state index < -0.39 is 0 Å². The summed E-state index contributed by atoms with van der Waals surface area (Å²) in [6, 6.07) is 7.63. The van der Waals surface area contributed by atoms with Gasteiger partial charge in [0.05, 0.1) is 12.2 Å². The molecule has 0 heterocycles. The number of benzene rings is 1.